The zero-order chi connectivity index (χ0) is 19.4. The zero-order valence-corrected chi connectivity index (χ0v) is 16.8. The summed E-state index contributed by atoms with van der Waals surface area (Å²) in [4.78, 5) is 11.0. The number of carbonyl (C=O) groups excluding carboxylic acids is 1. The Hall–Kier alpha value is -1.13. The molecule has 1 aliphatic carbocycles. The Morgan fingerprint density at radius 1 is 1.23 bits per heavy atom. The molecule has 4 heteroatoms. The first-order chi connectivity index (χ1) is 12.4. The van der Waals surface area contributed by atoms with E-state index in [9.17, 15) is 15.0 Å². The number of methoxy groups -OCH3 is 1. The van der Waals surface area contributed by atoms with Crippen molar-refractivity contribution < 1.29 is 19.7 Å². The van der Waals surface area contributed by atoms with Crippen LogP contribution in [0.15, 0.2) is 24.3 Å². The van der Waals surface area contributed by atoms with Crippen molar-refractivity contribution in [1.29, 1.82) is 0 Å². The van der Waals surface area contributed by atoms with Crippen LogP contribution in [-0.4, -0.2) is 35.0 Å². The van der Waals surface area contributed by atoms with Crippen LogP contribution in [0.1, 0.15) is 78.1 Å². The van der Waals surface area contributed by atoms with E-state index in [-0.39, 0.29) is 18.0 Å². The molecule has 0 saturated heterocycles. The summed E-state index contributed by atoms with van der Waals surface area (Å²) in [5.74, 6) is 0.322. The van der Waals surface area contributed by atoms with Crippen molar-refractivity contribution >= 4 is 5.97 Å². The van der Waals surface area contributed by atoms with Gasteiger partial charge >= 0.3 is 5.97 Å². The molecule has 4 atom stereocenters. The van der Waals surface area contributed by atoms with Gasteiger partial charge in [0.2, 0.25) is 0 Å². The summed E-state index contributed by atoms with van der Waals surface area (Å²) in [6.45, 7) is 4.05. The minimum atomic E-state index is -0.744. The van der Waals surface area contributed by atoms with Crippen LogP contribution in [-0.2, 0) is 9.53 Å². The summed E-state index contributed by atoms with van der Waals surface area (Å²) in [7, 11) is 1.38. The Morgan fingerprint density at radius 3 is 2.69 bits per heavy atom. The van der Waals surface area contributed by atoms with Gasteiger partial charge in [0.15, 0.2) is 0 Å². The number of unbranched alkanes of at least 4 members (excludes halogenated alkanes) is 4. The van der Waals surface area contributed by atoms with Crippen molar-refractivity contribution in [3.8, 4) is 0 Å². The first kappa shape index (κ1) is 22.9. The second-order valence-corrected chi connectivity index (χ2v) is 7.86. The number of hydrogen-bond acceptors (Lipinski definition) is 4. The molecule has 0 aliphatic heterocycles. The van der Waals surface area contributed by atoms with Crippen molar-refractivity contribution in [2.24, 2.45) is 11.8 Å². The molecule has 4 nitrogen and oxygen atoms in total. The van der Waals surface area contributed by atoms with Gasteiger partial charge in [-0.25, -0.2) is 4.79 Å². The highest BCUT2D eigenvalue weighted by atomic mass is 16.5. The average molecular weight is 367 g/mol. The fourth-order valence-corrected chi connectivity index (χ4v) is 3.76. The number of hydrogen-bond donors (Lipinski definition) is 2. The molecule has 1 saturated carbocycles. The number of rotatable bonds is 12. The van der Waals surface area contributed by atoms with Crippen molar-refractivity contribution in [2.45, 2.75) is 89.8 Å². The molecule has 0 aromatic rings. The molecule has 1 aliphatic rings. The Bertz CT molecular complexity index is 453. The van der Waals surface area contributed by atoms with Gasteiger partial charge in [-0.1, -0.05) is 50.8 Å². The van der Waals surface area contributed by atoms with Crippen LogP contribution in [0.4, 0.5) is 0 Å². The third kappa shape index (κ3) is 9.00. The molecule has 1 fully saturated rings. The average Bonchev–Trinajstić information content (AvgIpc) is 2.96. The number of aliphatic hydroxyl groups is 2. The minimum Gasteiger partial charge on any atom is -0.466 e. The maximum absolute atomic E-state index is 11.0. The van der Waals surface area contributed by atoms with E-state index in [2.05, 4.69) is 17.7 Å². The molecule has 2 N–H and O–H groups in total. The normalized spacial score (nSPS) is 25.8. The van der Waals surface area contributed by atoms with E-state index in [1.54, 1.807) is 0 Å². The third-order valence-corrected chi connectivity index (χ3v) is 5.44. The molecule has 0 radical (unpaired) electrons. The SMILES string of the molecule is CCCCCC(C)(O)/C=C/C1CCC(O)C1CCCC/C=C/C(=O)OC. The summed E-state index contributed by atoms with van der Waals surface area (Å²) in [6, 6.07) is 0. The molecule has 0 aromatic heterocycles. The largest absolute Gasteiger partial charge is 0.466 e. The maximum Gasteiger partial charge on any atom is 0.330 e. The van der Waals surface area contributed by atoms with Crippen LogP contribution in [0, 0.1) is 11.8 Å². The molecule has 0 aromatic carbocycles. The van der Waals surface area contributed by atoms with Crippen LogP contribution < -0.4 is 0 Å². The molecule has 0 spiro atoms. The Labute approximate surface area is 159 Å². The molecule has 150 valence electrons. The van der Waals surface area contributed by atoms with Crippen molar-refractivity contribution in [2.75, 3.05) is 7.11 Å². The van der Waals surface area contributed by atoms with Gasteiger partial charge in [0, 0.05) is 6.08 Å². The minimum absolute atomic E-state index is 0.236. The lowest BCUT2D eigenvalue weighted by Gasteiger charge is -2.22. The number of ether oxygens (including phenoxy) is 1. The van der Waals surface area contributed by atoms with E-state index in [4.69, 9.17) is 0 Å². The monoisotopic (exact) mass is 366 g/mol. The molecule has 0 amide bonds. The standard InChI is InChI=1S/C22H38O4/c1-4-5-10-16-22(2,25)17-15-18-13-14-20(23)19(18)11-8-6-7-9-12-21(24)26-3/h9,12,15,17-20,23,25H,4-8,10-11,13-14,16H2,1-3H3/b12-9+,17-15+. The van der Waals surface area contributed by atoms with Gasteiger partial charge in [-0.15, -0.1) is 0 Å². The van der Waals surface area contributed by atoms with Gasteiger partial charge in [0.05, 0.1) is 18.8 Å². The molecular weight excluding hydrogens is 328 g/mol. The first-order valence-corrected chi connectivity index (χ1v) is 10.2. The number of esters is 1. The van der Waals surface area contributed by atoms with Gasteiger partial charge in [-0.05, 0) is 57.3 Å². The number of aliphatic hydroxyl groups excluding tert-OH is 1. The van der Waals surface area contributed by atoms with Gasteiger partial charge < -0.3 is 14.9 Å². The zero-order valence-electron chi connectivity index (χ0n) is 16.8. The number of carbonyl (C=O) groups is 1. The number of allylic oxidation sites excluding steroid dienone is 2. The fourth-order valence-electron chi connectivity index (χ4n) is 3.76. The Morgan fingerprint density at radius 2 is 2.00 bits per heavy atom. The van der Waals surface area contributed by atoms with E-state index < -0.39 is 5.60 Å². The predicted molar refractivity (Wildman–Crippen MR) is 106 cm³/mol. The first-order valence-electron chi connectivity index (χ1n) is 10.2. The topological polar surface area (TPSA) is 66.8 Å². The molecular formula is C22H38O4. The lowest BCUT2D eigenvalue weighted by Crippen LogP contribution is -2.22. The van der Waals surface area contributed by atoms with Crippen LogP contribution in [0.5, 0.6) is 0 Å². The van der Waals surface area contributed by atoms with Crippen molar-refractivity contribution in [1.82, 2.24) is 0 Å². The van der Waals surface area contributed by atoms with Crippen LogP contribution in [0.2, 0.25) is 0 Å². The molecule has 26 heavy (non-hydrogen) atoms. The Kier molecular flexibility index (Phi) is 10.8. The third-order valence-electron chi connectivity index (χ3n) is 5.44. The highest BCUT2D eigenvalue weighted by Gasteiger charge is 2.33. The van der Waals surface area contributed by atoms with Gasteiger partial charge in [-0.3, -0.25) is 0 Å². The van der Waals surface area contributed by atoms with Crippen LogP contribution >= 0.6 is 0 Å². The van der Waals surface area contributed by atoms with Gasteiger partial charge in [0.25, 0.3) is 0 Å². The summed E-state index contributed by atoms with van der Waals surface area (Å²) in [5, 5.41) is 20.8. The fraction of sp³-hybridized carbons (Fsp3) is 0.773. The van der Waals surface area contributed by atoms with Crippen molar-refractivity contribution in [3.63, 3.8) is 0 Å². The van der Waals surface area contributed by atoms with E-state index in [0.29, 0.717) is 5.92 Å². The van der Waals surface area contributed by atoms with Gasteiger partial charge in [-0.2, -0.15) is 0 Å². The van der Waals surface area contributed by atoms with E-state index in [1.165, 1.54) is 13.2 Å². The molecule has 0 heterocycles. The van der Waals surface area contributed by atoms with Crippen LogP contribution in [0.25, 0.3) is 0 Å². The summed E-state index contributed by atoms with van der Waals surface area (Å²) < 4.78 is 4.56. The highest BCUT2D eigenvalue weighted by Crippen LogP contribution is 2.37. The quantitative estimate of drug-likeness (QED) is 0.230. The lowest BCUT2D eigenvalue weighted by atomic mass is 9.87. The van der Waals surface area contributed by atoms with E-state index in [0.717, 1.165) is 64.2 Å². The highest BCUT2D eigenvalue weighted by molar-refractivity contribution is 5.81. The van der Waals surface area contributed by atoms with E-state index >= 15 is 0 Å². The van der Waals surface area contributed by atoms with Gasteiger partial charge in [0.1, 0.15) is 0 Å². The summed E-state index contributed by atoms with van der Waals surface area (Å²) in [6.07, 6.45) is 17.0. The second-order valence-electron chi connectivity index (χ2n) is 7.86. The second kappa shape index (κ2) is 12.3. The Balaban J connectivity index is 2.40. The molecule has 1 rings (SSSR count). The summed E-state index contributed by atoms with van der Waals surface area (Å²) >= 11 is 0. The van der Waals surface area contributed by atoms with Crippen LogP contribution in [0.3, 0.4) is 0 Å². The molecule has 0 bridgehead atoms. The smallest absolute Gasteiger partial charge is 0.330 e. The molecule has 4 unspecified atom stereocenters. The van der Waals surface area contributed by atoms with E-state index in [1.807, 2.05) is 19.1 Å². The summed E-state index contributed by atoms with van der Waals surface area (Å²) in [5.41, 5.74) is -0.744. The van der Waals surface area contributed by atoms with Crippen molar-refractivity contribution in [3.05, 3.63) is 24.3 Å². The predicted octanol–water partition coefficient (Wildman–Crippen LogP) is 4.55. The maximum atomic E-state index is 11.0. The lowest BCUT2D eigenvalue weighted by molar-refractivity contribution is -0.134.